The number of likely N-dealkylation sites (tertiary alicyclic amines) is 4. The molecule has 5 aliphatic heterocycles. The second kappa shape index (κ2) is 22.3. The Labute approximate surface area is 332 Å². The van der Waals surface area contributed by atoms with Crippen molar-refractivity contribution >= 4 is 12.2 Å². The second-order valence-corrected chi connectivity index (χ2v) is 17.9. The normalized spacial score (nSPS) is 24.5. The van der Waals surface area contributed by atoms with Gasteiger partial charge in [-0.05, 0) is 139 Å². The van der Waals surface area contributed by atoms with Gasteiger partial charge in [0.1, 0.15) is 23.6 Å². The van der Waals surface area contributed by atoms with E-state index in [9.17, 15) is 9.59 Å². The van der Waals surface area contributed by atoms with E-state index < -0.39 is 11.2 Å². The first kappa shape index (κ1) is 45.0. The number of nitrogens with zero attached hydrogens (tertiary/aromatic N) is 5. The van der Waals surface area contributed by atoms with Crippen molar-refractivity contribution in [2.45, 2.75) is 147 Å². The number of ether oxygens (including phenoxy) is 5. The molecule has 1 aromatic rings. The standard InChI is InChI=1S/C16H30N2O3.C15H22N2O3.C11H22N2O/c1-16(2,3)21-15(19)18-9-5-6-13(18)12-20-14-7-10-17(4)11-8-14;1-15(2,3)20-14(18)17-10-4-5-12(17)11-19-13-6-8-16-9-7-13;1-13-7-4-11(5-8-13)14-9-10-3-2-6-12-10/h13-14H,5-12H2,1-4H3;6-9,12H,4-5,10-11H2,1-3H3;10-12H,2-9H2,1H3/t13-;12-;10-/m000/s1. The number of carbonyl (C=O) groups is 2. The highest BCUT2D eigenvalue weighted by Crippen LogP contribution is 2.24. The van der Waals surface area contributed by atoms with Gasteiger partial charge >= 0.3 is 12.2 Å². The van der Waals surface area contributed by atoms with Crippen molar-refractivity contribution in [3.8, 4) is 5.75 Å². The molecule has 13 nitrogen and oxygen atoms in total. The Bertz CT molecular complexity index is 1240. The van der Waals surface area contributed by atoms with Gasteiger partial charge in [0.2, 0.25) is 0 Å². The molecule has 0 saturated carbocycles. The maximum atomic E-state index is 12.2. The fraction of sp³-hybridized carbons (Fsp3) is 0.833. The van der Waals surface area contributed by atoms with Crippen molar-refractivity contribution in [3.63, 3.8) is 0 Å². The van der Waals surface area contributed by atoms with Crippen LogP contribution in [0.2, 0.25) is 0 Å². The molecule has 0 bridgehead atoms. The minimum atomic E-state index is -0.462. The fourth-order valence-corrected chi connectivity index (χ4v) is 7.47. The predicted molar refractivity (Wildman–Crippen MR) is 216 cm³/mol. The van der Waals surface area contributed by atoms with Crippen molar-refractivity contribution in [3.05, 3.63) is 24.5 Å². The Morgan fingerprint density at radius 2 is 1.13 bits per heavy atom. The lowest BCUT2D eigenvalue weighted by Gasteiger charge is -2.32. The van der Waals surface area contributed by atoms with Gasteiger partial charge in [-0.15, -0.1) is 0 Å². The Kier molecular flexibility index (Phi) is 18.2. The number of amides is 2. The van der Waals surface area contributed by atoms with Crippen LogP contribution in [0, 0.1) is 0 Å². The van der Waals surface area contributed by atoms with Gasteiger partial charge in [-0.1, -0.05) is 0 Å². The summed E-state index contributed by atoms with van der Waals surface area (Å²) in [4.78, 5) is 36.6. The van der Waals surface area contributed by atoms with Gasteiger partial charge in [0, 0.05) is 57.7 Å². The minimum Gasteiger partial charge on any atom is -0.491 e. The third-order valence-corrected chi connectivity index (χ3v) is 10.7. The molecule has 6 heterocycles. The summed E-state index contributed by atoms with van der Waals surface area (Å²) in [6.45, 7) is 20.7. The van der Waals surface area contributed by atoms with Crippen LogP contribution in [0.25, 0.3) is 0 Å². The lowest BCUT2D eigenvalue weighted by atomic mass is 10.1. The van der Waals surface area contributed by atoms with Crippen molar-refractivity contribution in [1.29, 1.82) is 0 Å². The smallest absolute Gasteiger partial charge is 0.410 e. The van der Waals surface area contributed by atoms with Crippen molar-refractivity contribution < 1.29 is 33.3 Å². The molecular weight excluding hydrogens is 700 g/mol. The van der Waals surface area contributed by atoms with Gasteiger partial charge in [-0.3, -0.25) is 4.98 Å². The Hall–Kier alpha value is -2.71. The minimum absolute atomic E-state index is 0.0815. The number of hydrogen-bond acceptors (Lipinski definition) is 11. The summed E-state index contributed by atoms with van der Waals surface area (Å²) >= 11 is 0. The number of rotatable bonds is 9. The van der Waals surface area contributed by atoms with Gasteiger partial charge < -0.3 is 48.6 Å². The average molecular weight is 775 g/mol. The van der Waals surface area contributed by atoms with E-state index in [0.29, 0.717) is 31.5 Å². The van der Waals surface area contributed by atoms with Crippen LogP contribution in [0.15, 0.2) is 24.5 Å². The summed E-state index contributed by atoms with van der Waals surface area (Å²) in [6, 6.07) is 4.52. The lowest BCUT2D eigenvalue weighted by molar-refractivity contribution is -0.0214. The third kappa shape index (κ3) is 17.1. The van der Waals surface area contributed by atoms with E-state index >= 15 is 0 Å². The first-order valence-electron chi connectivity index (χ1n) is 21.0. The lowest BCUT2D eigenvalue weighted by Crippen LogP contribution is -2.43. The highest BCUT2D eigenvalue weighted by Gasteiger charge is 2.34. The second-order valence-electron chi connectivity index (χ2n) is 17.9. The zero-order valence-electron chi connectivity index (χ0n) is 35.4. The molecule has 0 radical (unpaired) electrons. The van der Waals surface area contributed by atoms with E-state index in [1.807, 2.05) is 58.6 Å². The van der Waals surface area contributed by atoms with E-state index in [-0.39, 0.29) is 24.3 Å². The largest absolute Gasteiger partial charge is 0.491 e. The summed E-state index contributed by atoms with van der Waals surface area (Å²) < 4.78 is 28.6. The van der Waals surface area contributed by atoms with Crippen molar-refractivity contribution in [2.24, 2.45) is 0 Å². The molecule has 55 heavy (non-hydrogen) atoms. The van der Waals surface area contributed by atoms with Crippen LogP contribution in [-0.2, 0) is 18.9 Å². The van der Waals surface area contributed by atoms with Crippen LogP contribution in [0.3, 0.4) is 0 Å². The summed E-state index contributed by atoms with van der Waals surface area (Å²) in [5.74, 6) is 0.774. The molecule has 0 aliphatic carbocycles. The molecule has 1 N–H and O–H groups in total. The molecule has 5 aliphatic rings. The van der Waals surface area contributed by atoms with E-state index in [2.05, 4.69) is 34.2 Å². The topological polar surface area (TPSA) is 118 Å². The number of carbonyl (C=O) groups excluding carboxylic acids is 2. The maximum absolute atomic E-state index is 12.2. The molecule has 2 amide bonds. The summed E-state index contributed by atoms with van der Waals surface area (Å²) in [7, 11) is 4.34. The summed E-state index contributed by atoms with van der Waals surface area (Å²) in [5, 5.41) is 3.47. The maximum Gasteiger partial charge on any atom is 0.410 e. The van der Waals surface area contributed by atoms with Crippen molar-refractivity contribution in [1.82, 2.24) is 29.9 Å². The predicted octanol–water partition coefficient (Wildman–Crippen LogP) is 6.21. The van der Waals surface area contributed by atoms with Crippen LogP contribution in [0.1, 0.15) is 106 Å². The number of aromatic nitrogens is 1. The molecule has 6 rings (SSSR count). The zero-order chi connectivity index (χ0) is 39.8. The van der Waals surface area contributed by atoms with Crippen LogP contribution >= 0.6 is 0 Å². The Balaban J connectivity index is 0.000000187. The molecule has 1 aromatic heterocycles. The molecule has 5 saturated heterocycles. The van der Waals surface area contributed by atoms with Crippen LogP contribution in [-0.4, -0.2) is 158 Å². The Morgan fingerprint density at radius 3 is 1.58 bits per heavy atom. The molecule has 314 valence electrons. The summed E-state index contributed by atoms with van der Waals surface area (Å²) in [6.07, 6.45) is 15.0. The summed E-state index contributed by atoms with van der Waals surface area (Å²) in [5.41, 5.74) is -0.894. The molecule has 5 fully saturated rings. The molecule has 13 heteroatoms. The van der Waals surface area contributed by atoms with Crippen LogP contribution < -0.4 is 10.1 Å². The number of pyridine rings is 1. The van der Waals surface area contributed by atoms with Crippen molar-refractivity contribution in [2.75, 3.05) is 79.7 Å². The van der Waals surface area contributed by atoms with Gasteiger partial charge in [0.15, 0.2) is 0 Å². The first-order chi connectivity index (χ1) is 26.1. The molecular formula is C42H74N6O7. The van der Waals surface area contributed by atoms with E-state index in [1.165, 1.54) is 45.3 Å². The first-order valence-corrected chi connectivity index (χ1v) is 21.0. The highest BCUT2D eigenvalue weighted by molar-refractivity contribution is 5.69. The van der Waals surface area contributed by atoms with Gasteiger partial charge in [-0.25, -0.2) is 9.59 Å². The van der Waals surface area contributed by atoms with E-state index in [0.717, 1.165) is 77.1 Å². The van der Waals surface area contributed by atoms with Gasteiger partial charge in [-0.2, -0.15) is 0 Å². The monoisotopic (exact) mass is 775 g/mol. The third-order valence-electron chi connectivity index (χ3n) is 10.7. The molecule has 0 aromatic carbocycles. The molecule has 0 spiro atoms. The average Bonchev–Trinajstić information content (AvgIpc) is 3.93. The van der Waals surface area contributed by atoms with Crippen LogP contribution in [0.5, 0.6) is 5.75 Å². The quantitative estimate of drug-likeness (QED) is 0.309. The highest BCUT2D eigenvalue weighted by atomic mass is 16.6. The van der Waals surface area contributed by atoms with Crippen LogP contribution in [0.4, 0.5) is 9.59 Å². The molecule has 0 unspecified atom stereocenters. The van der Waals surface area contributed by atoms with Gasteiger partial charge in [0.25, 0.3) is 0 Å². The Morgan fingerprint density at radius 1 is 0.655 bits per heavy atom. The fourth-order valence-electron chi connectivity index (χ4n) is 7.47. The zero-order valence-corrected chi connectivity index (χ0v) is 35.4. The number of piperidine rings is 2. The number of hydrogen-bond donors (Lipinski definition) is 1. The molecule has 3 atom stereocenters. The van der Waals surface area contributed by atoms with Gasteiger partial charge in [0.05, 0.1) is 37.5 Å². The van der Waals surface area contributed by atoms with E-state index in [4.69, 9.17) is 23.7 Å². The van der Waals surface area contributed by atoms with E-state index in [1.54, 1.807) is 17.3 Å². The SMILES string of the molecule is CC(C)(C)OC(=O)N1CCC[C@H]1COc1ccncc1.CN1CCC(OC[C@@H]2CCCN2)CC1.CN1CCC(OC[C@@H]2CCCN2C(=O)OC(C)(C)C)CC1. The number of nitrogens with one attached hydrogen (secondary N) is 1.